The quantitative estimate of drug-likeness (QED) is 0.696. The summed E-state index contributed by atoms with van der Waals surface area (Å²) in [6.45, 7) is 2.64. The maximum absolute atomic E-state index is 6.26. The molecule has 1 saturated heterocycles. The maximum Gasteiger partial charge on any atom is 0.191 e. The second-order valence-electron chi connectivity index (χ2n) is 6.63. The van der Waals surface area contributed by atoms with Gasteiger partial charge in [-0.25, -0.2) is 9.98 Å². The van der Waals surface area contributed by atoms with Crippen LogP contribution in [0.15, 0.2) is 35.3 Å². The fraction of sp³-hybridized carbons (Fsp3) is 0.474. The molecular formula is C19H27N5. The molecule has 3 rings (SSSR count). The highest BCUT2D eigenvalue weighted by molar-refractivity contribution is 5.84. The Balaban J connectivity index is 1.86. The monoisotopic (exact) mass is 325 g/mol. The van der Waals surface area contributed by atoms with Gasteiger partial charge in [0.1, 0.15) is 5.82 Å². The topological polar surface area (TPSA) is 57.8 Å². The van der Waals surface area contributed by atoms with Crippen LogP contribution in [0.2, 0.25) is 0 Å². The lowest BCUT2D eigenvalue weighted by molar-refractivity contribution is 0.428. The van der Waals surface area contributed by atoms with Crippen LogP contribution in [-0.4, -0.2) is 43.0 Å². The van der Waals surface area contributed by atoms with E-state index in [0.717, 1.165) is 29.8 Å². The molecule has 0 atom stereocenters. The lowest BCUT2D eigenvalue weighted by atomic mass is 10.1. The number of guanidine groups is 1. The Kier molecular flexibility index (Phi) is 5.18. The Morgan fingerprint density at radius 1 is 1.17 bits per heavy atom. The van der Waals surface area contributed by atoms with Crippen molar-refractivity contribution in [2.45, 2.75) is 32.2 Å². The van der Waals surface area contributed by atoms with Crippen molar-refractivity contribution in [2.75, 3.05) is 32.1 Å². The molecule has 0 saturated carbocycles. The van der Waals surface area contributed by atoms with E-state index in [1.54, 1.807) is 0 Å². The van der Waals surface area contributed by atoms with Crippen molar-refractivity contribution in [1.29, 1.82) is 0 Å². The third-order valence-electron chi connectivity index (χ3n) is 4.59. The van der Waals surface area contributed by atoms with Gasteiger partial charge in [0.2, 0.25) is 0 Å². The van der Waals surface area contributed by atoms with Crippen LogP contribution in [0.1, 0.15) is 31.2 Å². The number of hydrogen-bond donors (Lipinski definition) is 1. The second kappa shape index (κ2) is 7.51. The number of nitrogens with two attached hydrogens (primary N) is 1. The molecule has 0 bridgehead atoms. The predicted octanol–water partition coefficient (Wildman–Crippen LogP) is 2.99. The van der Waals surface area contributed by atoms with Crippen molar-refractivity contribution >= 4 is 22.7 Å². The van der Waals surface area contributed by atoms with Crippen LogP contribution in [0, 0.1) is 0 Å². The summed E-state index contributed by atoms with van der Waals surface area (Å²) in [5, 5.41) is 1.15. The number of hydrogen-bond acceptors (Lipinski definition) is 3. The van der Waals surface area contributed by atoms with Gasteiger partial charge in [-0.3, -0.25) is 0 Å². The molecule has 0 radical (unpaired) electrons. The Morgan fingerprint density at radius 2 is 1.88 bits per heavy atom. The zero-order valence-electron chi connectivity index (χ0n) is 14.7. The number of nitrogens with zero attached hydrogens (tertiary/aromatic N) is 4. The van der Waals surface area contributed by atoms with Crippen molar-refractivity contribution < 1.29 is 0 Å². The van der Waals surface area contributed by atoms with Gasteiger partial charge in [0.15, 0.2) is 5.96 Å². The second-order valence-corrected chi connectivity index (χ2v) is 6.63. The average Bonchev–Trinajstić information content (AvgIpc) is 2.88. The summed E-state index contributed by atoms with van der Waals surface area (Å²) in [4.78, 5) is 13.6. The third-order valence-corrected chi connectivity index (χ3v) is 4.59. The zero-order chi connectivity index (χ0) is 16.9. The van der Waals surface area contributed by atoms with Crippen LogP contribution in [0.4, 0.5) is 5.82 Å². The standard InChI is InChI=1S/C19H27N5/c1-23(2)18-13-15(16-9-5-6-10-17(16)22-18)14-21-19(20)24-11-7-3-4-8-12-24/h5-6,9-10,13H,3-4,7-8,11-12,14H2,1-2H3,(H2,20,21). The number of rotatable bonds is 3. The van der Waals surface area contributed by atoms with Gasteiger partial charge < -0.3 is 15.5 Å². The highest BCUT2D eigenvalue weighted by Gasteiger charge is 2.12. The Morgan fingerprint density at radius 3 is 2.58 bits per heavy atom. The van der Waals surface area contributed by atoms with Crippen LogP contribution in [0.5, 0.6) is 0 Å². The van der Waals surface area contributed by atoms with Gasteiger partial charge in [0, 0.05) is 32.6 Å². The molecule has 2 aromatic rings. The molecule has 0 aliphatic carbocycles. The molecule has 1 aliphatic rings. The maximum atomic E-state index is 6.26. The number of fused-ring (bicyclic) bond motifs is 1. The van der Waals surface area contributed by atoms with E-state index in [1.165, 1.54) is 31.2 Å². The lowest BCUT2D eigenvalue weighted by Gasteiger charge is -2.21. The first kappa shape index (κ1) is 16.6. The number of likely N-dealkylation sites (tertiary alicyclic amines) is 1. The molecule has 1 fully saturated rings. The summed E-state index contributed by atoms with van der Waals surface area (Å²) < 4.78 is 0. The largest absolute Gasteiger partial charge is 0.370 e. The minimum atomic E-state index is 0.589. The summed E-state index contributed by atoms with van der Waals surface area (Å²) in [6, 6.07) is 10.3. The summed E-state index contributed by atoms with van der Waals surface area (Å²) in [7, 11) is 4.02. The first-order valence-corrected chi connectivity index (χ1v) is 8.76. The molecule has 0 amide bonds. The smallest absolute Gasteiger partial charge is 0.191 e. The Hall–Kier alpha value is -2.30. The van der Waals surface area contributed by atoms with Crippen LogP contribution < -0.4 is 10.6 Å². The lowest BCUT2D eigenvalue weighted by Crippen LogP contribution is -2.38. The van der Waals surface area contributed by atoms with Crippen molar-refractivity contribution in [3.05, 3.63) is 35.9 Å². The molecule has 128 valence electrons. The number of aromatic nitrogens is 1. The molecule has 1 aromatic carbocycles. The van der Waals surface area contributed by atoms with Crippen LogP contribution >= 0.6 is 0 Å². The molecule has 2 heterocycles. The fourth-order valence-electron chi connectivity index (χ4n) is 3.16. The van der Waals surface area contributed by atoms with Gasteiger partial charge in [-0.15, -0.1) is 0 Å². The number of aliphatic imine (C=N–C) groups is 1. The number of benzene rings is 1. The third kappa shape index (κ3) is 3.78. The first-order valence-electron chi connectivity index (χ1n) is 8.76. The van der Waals surface area contributed by atoms with Gasteiger partial charge in [0.25, 0.3) is 0 Å². The van der Waals surface area contributed by atoms with E-state index in [1.807, 2.05) is 37.2 Å². The SMILES string of the molecule is CN(C)c1cc(CN=C(N)N2CCCCCC2)c2ccccc2n1. The molecule has 2 N–H and O–H groups in total. The van der Waals surface area contributed by atoms with Crippen molar-refractivity contribution in [3.8, 4) is 0 Å². The van der Waals surface area contributed by atoms with E-state index in [0.29, 0.717) is 12.5 Å². The first-order chi connectivity index (χ1) is 11.6. The highest BCUT2D eigenvalue weighted by Crippen LogP contribution is 2.23. The van der Waals surface area contributed by atoms with Crippen LogP contribution in [0.3, 0.4) is 0 Å². The minimum absolute atomic E-state index is 0.589. The van der Waals surface area contributed by atoms with E-state index in [4.69, 9.17) is 10.7 Å². The molecule has 0 spiro atoms. The molecule has 0 unspecified atom stereocenters. The summed E-state index contributed by atoms with van der Waals surface area (Å²) in [5.74, 6) is 1.62. The fourth-order valence-corrected chi connectivity index (χ4v) is 3.16. The van der Waals surface area contributed by atoms with Crippen molar-refractivity contribution in [3.63, 3.8) is 0 Å². The van der Waals surface area contributed by atoms with E-state index in [2.05, 4.69) is 22.0 Å². The summed E-state index contributed by atoms with van der Waals surface area (Å²) in [6.07, 6.45) is 5.01. The molecule has 1 aliphatic heterocycles. The van der Waals surface area contributed by atoms with Gasteiger partial charge in [-0.1, -0.05) is 31.0 Å². The van der Waals surface area contributed by atoms with Gasteiger partial charge >= 0.3 is 0 Å². The van der Waals surface area contributed by atoms with Gasteiger partial charge in [-0.05, 0) is 30.5 Å². The Bertz CT molecular complexity index is 715. The number of pyridine rings is 1. The summed E-state index contributed by atoms with van der Waals surface area (Å²) in [5.41, 5.74) is 8.43. The summed E-state index contributed by atoms with van der Waals surface area (Å²) >= 11 is 0. The van der Waals surface area contributed by atoms with E-state index < -0.39 is 0 Å². The van der Waals surface area contributed by atoms with Gasteiger partial charge in [0.05, 0.1) is 12.1 Å². The van der Waals surface area contributed by atoms with Crippen molar-refractivity contribution in [2.24, 2.45) is 10.7 Å². The van der Waals surface area contributed by atoms with E-state index in [9.17, 15) is 0 Å². The molecular weight excluding hydrogens is 298 g/mol. The predicted molar refractivity (Wildman–Crippen MR) is 101 cm³/mol. The van der Waals surface area contributed by atoms with Crippen molar-refractivity contribution in [1.82, 2.24) is 9.88 Å². The van der Waals surface area contributed by atoms with Crippen LogP contribution in [-0.2, 0) is 6.54 Å². The average molecular weight is 325 g/mol. The molecule has 1 aromatic heterocycles. The minimum Gasteiger partial charge on any atom is -0.370 e. The van der Waals surface area contributed by atoms with E-state index in [-0.39, 0.29) is 0 Å². The molecule has 24 heavy (non-hydrogen) atoms. The van der Waals surface area contributed by atoms with Gasteiger partial charge in [-0.2, -0.15) is 0 Å². The molecule has 5 heteroatoms. The molecule has 5 nitrogen and oxygen atoms in total. The Labute approximate surface area is 144 Å². The van der Waals surface area contributed by atoms with E-state index >= 15 is 0 Å². The number of anilines is 1. The van der Waals surface area contributed by atoms with Crippen LogP contribution in [0.25, 0.3) is 10.9 Å². The normalized spacial score (nSPS) is 16.2. The zero-order valence-corrected chi connectivity index (χ0v) is 14.7. The number of para-hydroxylation sites is 1. The highest BCUT2D eigenvalue weighted by atomic mass is 15.2.